The molecule has 1 saturated heterocycles. The Bertz CT molecular complexity index is 1530. The molecular weight excluding hydrogens is 496 g/mol. The number of piperazine rings is 1. The first-order valence-electron chi connectivity index (χ1n) is 13.6. The molecule has 0 bridgehead atoms. The first-order chi connectivity index (χ1) is 19.0. The van der Waals surface area contributed by atoms with E-state index in [2.05, 4.69) is 36.4 Å². The van der Waals surface area contributed by atoms with Gasteiger partial charge in [-0.15, -0.1) is 5.10 Å². The van der Waals surface area contributed by atoms with Crippen LogP contribution >= 0.6 is 0 Å². The Morgan fingerprint density at radius 1 is 1.00 bits per heavy atom. The first kappa shape index (κ1) is 25.2. The maximum Gasteiger partial charge on any atom is 0.269 e. The fourth-order valence-electron chi connectivity index (χ4n) is 6.03. The average molecular weight is 529 g/mol. The average Bonchev–Trinajstić information content (AvgIpc) is 3.44. The number of nitro benzene ring substituents is 1. The molecule has 2 fully saturated rings. The van der Waals surface area contributed by atoms with Gasteiger partial charge in [-0.3, -0.25) is 19.8 Å². The van der Waals surface area contributed by atoms with E-state index in [1.807, 2.05) is 29.8 Å². The number of aromatic nitrogens is 5. The van der Waals surface area contributed by atoms with E-state index in [4.69, 9.17) is 0 Å². The molecule has 1 aliphatic carbocycles. The number of pyridine rings is 1. The van der Waals surface area contributed by atoms with Gasteiger partial charge < -0.3 is 9.88 Å². The van der Waals surface area contributed by atoms with E-state index in [-0.39, 0.29) is 22.2 Å². The van der Waals surface area contributed by atoms with E-state index in [0.29, 0.717) is 37.6 Å². The number of non-ortho nitro benzene ring substituents is 1. The van der Waals surface area contributed by atoms with Crippen molar-refractivity contribution in [3.8, 4) is 0 Å². The standard InChI is InChI=1S/C28H32N8O3/c1-19-7-12-25-20(17-19)18-24(28(37)29-25)26(27-30-31-32-35(27)22-5-3-2-4-6-22)34-15-13-33(14-16-34)21-8-10-23(11-9-21)36(38)39/h7-12,17-18,22,26H,2-6,13-16H2,1H3,(H,29,37). The Kier molecular flexibility index (Phi) is 6.82. The van der Waals surface area contributed by atoms with Crippen molar-refractivity contribution in [2.24, 2.45) is 0 Å². The molecular formula is C28H32N8O3. The monoisotopic (exact) mass is 528 g/mol. The van der Waals surface area contributed by atoms with E-state index in [1.165, 1.54) is 6.42 Å². The van der Waals surface area contributed by atoms with Crippen molar-refractivity contribution in [3.63, 3.8) is 0 Å². The number of fused-ring (bicyclic) bond motifs is 1. The largest absolute Gasteiger partial charge is 0.369 e. The van der Waals surface area contributed by atoms with E-state index in [1.54, 1.807) is 24.3 Å². The third kappa shape index (κ3) is 5.01. The molecule has 1 aliphatic heterocycles. The van der Waals surface area contributed by atoms with E-state index >= 15 is 0 Å². The molecule has 202 valence electrons. The van der Waals surface area contributed by atoms with Crippen LogP contribution in [0.3, 0.4) is 0 Å². The second-order valence-electron chi connectivity index (χ2n) is 10.6. The molecule has 6 rings (SSSR count). The number of nitrogens with zero attached hydrogens (tertiary/aromatic N) is 7. The Morgan fingerprint density at radius 2 is 1.74 bits per heavy atom. The van der Waals surface area contributed by atoms with Gasteiger partial charge in [0.2, 0.25) is 0 Å². The lowest BCUT2D eigenvalue weighted by molar-refractivity contribution is -0.384. The van der Waals surface area contributed by atoms with Gasteiger partial charge in [-0.25, -0.2) is 4.68 Å². The van der Waals surface area contributed by atoms with Crippen molar-refractivity contribution in [2.45, 2.75) is 51.1 Å². The van der Waals surface area contributed by atoms with Gasteiger partial charge in [0.15, 0.2) is 5.82 Å². The summed E-state index contributed by atoms with van der Waals surface area (Å²) in [6.45, 7) is 4.84. The van der Waals surface area contributed by atoms with Crippen LogP contribution in [-0.4, -0.2) is 61.2 Å². The van der Waals surface area contributed by atoms with E-state index < -0.39 is 6.04 Å². The van der Waals surface area contributed by atoms with Gasteiger partial charge in [0.1, 0.15) is 6.04 Å². The molecule has 1 atom stereocenters. The lowest BCUT2D eigenvalue weighted by Gasteiger charge is -2.40. The molecule has 2 aromatic heterocycles. The number of benzene rings is 2. The highest BCUT2D eigenvalue weighted by molar-refractivity contribution is 5.79. The Morgan fingerprint density at radius 3 is 2.46 bits per heavy atom. The highest BCUT2D eigenvalue weighted by Crippen LogP contribution is 2.34. The third-order valence-corrected chi connectivity index (χ3v) is 8.11. The summed E-state index contributed by atoms with van der Waals surface area (Å²) in [4.78, 5) is 31.8. The van der Waals surface area contributed by atoms with Crippen LogP contribution < -0.4 is 10.5 Å². The molecule has 1 N–H and O–H groups in total. The molecule has 11 nitrogen and oxygen atoms in total. The van der Waals surface area contributed by atoms with Crippen LogP contribution in [0.25, 0.3) is 10.9 Å². The second kappa shape index (κ2) is 10.6. The molecule has 0 radical (unpaired) electrons. The van der Waals surface area contributed by atoms with Gasteiger partial charge in [-0.1, -0.05) is 30.9 Å². The van der Waals surface area contributed by atoms with Crippen LogP contribution in [0.15, 0.2) is 53.3 Å². The minimum Gasteiger partial charge on any atom is -0.369 e. The van der Waals surface area contributed by atoms with Gasteiger partial charge in [-0.05, 0) is 65.9 Å². The van der Waals surface area contributed by atoms with Gasteiger partial charge in [0, 0.05) is 55.1 Å². The van der Waals surface area contributed by atoms with Crippen LogP contribution in [0.5, 0.6) is 0 Å². The second-order valence-corrected chi connectivity index (χ2v) is 10.6. The molecule has 0 spiro atoms. The molecule has 1 unspecified atom stereocenters. The zero-order valence-electron chi connectivity index (χ0n) is 22.0. The molecule has 39 heavy (non-hydrogen) atoms. The number of rotatable bonds is 6. The number of H-pyrrole nitrogens is 1. The number of tetrazole rings is 1. The van der Waals surface area contributed by atoms with Crippen molar-refractivity contribution in [3.05, 3.63) is 86.0 Å². The molecule has 4 aromatic rings. The zero-order valence-corrected chi connectivity index (χ0v) is 22.0. The summed E-state index contributed by atoms with van der Waals surface area (Å²) >= 11 is 0. The fraction of sp³-hybridized carbons (Fsp3) is 0.429. The lowest BCUT2D eigenvalue weighted by Crippen LogP contribution is -2.49. The minimum atomic E-state index is -0.394. The smallest absolute Gasteiger partial charge is 0.269 e. The molecule has 2 aromatic carbocycles. The van der Waals surface area contributed by atoms with E-state index in [9.17, 15) is 14.9 Å². The van der Waals surface area contributed by atoms with Crippen molar-refractivity contribution in [1.82, 2.24) is 30.1 Å². The summed E-state index contributed by atoms with van der Waals surface area (Å²) in [5.74, 6) is 0.711. The van der Waals surface area contributed by atoms with Crippen LogP contribution in [0.2, 0.25) is 0 Å². The van der Waals surface area contributed by atoms with Gasteiger partial charge in [0.25, 0.3) is 11.2 Å². The van der Waals surface area contributed by atoms with E-state index in [0.717, 1.165) is 47.8 Å². The van der Waals surface area contributed by atoms with Crippen molar-refractivity contribution >= 4 is 22.3 Å². The number of hydrogen-bond acceptors (Lipinski definition) is 8. The molecule has 3 heterocycles. The predicted octanol–water partition coefficient (Wildman–Crippen LogP) is 4.15. The van der Waals surface area contributed by atoms with Crippen molar-refractivity contribution in [2.75, 3.05) is 31.1 Å². The Labute approximate surface area is 225 Å². The van der Waals surface area contributed by atoms with Crippen molar-refractivity contribution in [1.29, 1.82) is 0 Å². The summed E-state index contributed by atoms with van der Waals surface area (Å²) in [6, 6.07) is 14.5. The molecule has 2 aliphatic rings. The van der Waals surface area contributed by atoms with Crippen LogP contribution in [0.4, 0.5) is 11.4 Å². The number of hydrogen-bond donors (Lipinski definition) is 1. The number of aryl methyl sites for hydroxylation is 1. The predicted molar refractivity (Wildman–Crippen MR) is 148 cm³/mol. The number of nitrogens with one attached hydrogen (secondary N) is 1. The van der Waals surface area contributed by atoms with Gasteiger partial charge in [-0.2, -0.15) is 0 Å². The summed E-state index contributed by atoms with van der Waals surface area (Å²) in [7, 11) is 0. The normalized spacial score (nSPS) is 17.9. The maximum absolute atomic E-state index is 13.5. The van der Waals surface area contributed by atoms with Crippen LogP contribution in [0, 0.1) is 17.0 Å². The SMILES string of the molecule is Cc1ccc2[nH]c(=O)c(C(c3nnnn3C3CCCCC3)N3CCN(c4ccc([N+](=O)[O-])cc4)CC3)cc2c1. The fourth-order valence-corrected chi connectivity index (χ4v) is 6.03. The summed E-state index contributed by atoms with van der Waals surface area (Å²) in [5.41, 5.74) is 3.47. The maximum atomic E-state index is 13.5. The van der Waals surface area contributed by atoms with Gasteiger partial charge >= 0.3 is 0 Å². The molecule has 0 amide bonds. The number of anilines is 1. The quantitative estimate of drug-likeness (QED) is 0.292. The summed E-state index contributed by atoms with van der Waals surface area (Å²) in [6.07, 6.45) is 5.60. The first-order valence-corrected chi connectivity index (χ1v) is 13.6. The number of nitro groups is 1. The van der Waals surface area contributed by atoms with Crippen LogP contribution in [0.1, 0.15) is 61.1 Å². The van der Waals surface area contributed by atoms with Crippen LogP contribution in [-0.2, 0) is 0 Å². The molecule has 11 heteroatoms. The zero-order chi connectivity index (χ0) is 26.9. The number of aromatic amines is 1. The van der Waals surface area contributed by atoms with Gasteiger partial charge in [0.05, 0.1) is 11.0 Å². The summed E-state index contributed by atoms with van der Waals surface area (Å²) < 4.78 is 1.96. The molecule has 1 saturated carbocycles. The minimum absolute atomic E-state index is 0.0813. The summed E-state index contributed by atoms with van der Waals surface area (Å²) in [5, 5.41) is 25.1. The Balaban J connectivity index is 1.35. The highest BCUT2D eigenvalue weighted by Gasteiger charge is 2.34. The highest BCUT2D eigenvalue weighted by atomic mass is 16.6. The topological polar surface area (TPSA) is 126 Å². The van der Waals surface area contributed by atoms with Crippen molar-refractivity contribution < 1.29 is 4.92 Å². The third-order valence-electron chi connectivity index (χ3n) is 8.11. The Hall–Kier alpha value is -4.12. The lowest BCUT2D eigenvalue weighted by atomic mass is 9.95.